The van der Waals surface area contributed by atoms with Crippen molar-refractivity contribution in [2.24, 2.45) is 5.41 Å². The molecule has 1 saturated heterocycles. The summed E-state index contributed by atoms with van der Waals surface area (Å²) in [5.74, 6) is -0.443. The van der Waals surface area contributed by atoms with E-state index in [2.05, 4.69) is 10.0 Å². The fourth-order valence-electron chi connectivity index (χ4n) is 2.26. The smallest absolute Gasteiger partial charge is 0.240 e. The molecule has 1 aromatic carbocycles. The lowest BCUT2D eigenvalue weighted by Gasteiger charge is -2.39. The summed E-state index contributed by atoms with van der Waals surface area (Å²) < 4.78 is 40.1. The molecule has 1 aliphatic heterocycles. The van der Waals surface area contributed by atoms with Crippen LogP contribution in [0.2, 0.25) is 0 Å². The SMILES string of the molecule is CC1(C)CNCCC1NS(=O)(=O)c1ccc(F)cc1. The molecule has 1 aliphatic rings. The minimum atomic E-state index is -3.59. The van der Waals surface area contributed by atoms with Crippen LogP contribution in [-0.2, 0) is 10.0 Å². The Labute approximate surface area is 113 Å². The van der Waals surface area contributed by atoms with Gasteiger partial charge in [0.15, 0.2) is 0 Å². The summed E-state index contributed by atoms with van der Waals surface area (Å²) in [7, 11) is -3.59. The van der Waals surface area contributed by atoms with E-state index in [1.54, 1.807) is 0 Å². The summed E-state index contributed by atoms with van der Waals surface area (Å²) in [5, 5.41) is 3.25. The van der Waals surface area contributed by atoms with E-state index in [1.807, 2.05) is 13.8 Å². The third-order valence-corrected chi connectivity index (χ3v) is 5.04. The number of benzene rings is 1. The van der Waals surface area contributed by atoms with Gasteiger partial charge in [0.05, 0.1) is 4.90 Å². The largest absolute Gasteiger partial charge is 0.316 e. The maximum Gasteiger partial charge on any atom is 0.240 e. The van der Waals surface area contributed by atoms with Crippen molar-refractivity contribution in [3.63, 3.8) is 0 Å². The summed E-state index contributed by atoms with van der Waals surface area (Å²) in [6.07, 6.45) is 0.743. The maximum absolute atomic E-state index is 12.8. The molecule has 0 saturated carbocycles. The second-order valence-electron chi connectivity index (χ2n) is 5.58. The van der Waals surface area contributed by atoms with Gasteiger partial charge in [0.25, 0.3) is 0 Å². The van der Waals surface area contributed by atoms with Crippen LogP contribution in [0.5, 0.6) is 0 Å². The molecule has 19 heavy (non-hydrogen) atoms. The zero-order chi connectivity index (χ0) is 14.1. The molecule has 1 atom stereocenters. The average molecular weight is 286 g/mol. The van der Waals surface area contributed by atoms with Crippen LogP contribution in [0.25, 0.3) is 0 Å². The third-order valence-electron chi connectivity index (χ3n) is 3.56. The van der Waals surface area contributed by atoms with E-state index in [4.69, 9.17) is 0 Å². The lowest BCUT2D eigenvalue weighted by Crippen LogP contribution is -2.54. The van der Waals surface area contributed by atoms with Gasteiger partial charge in [0, 0.05) is 12.6 Å². The highest BCUT2D eigenvalue weighted by atomic mass is 32.2. The molecule has 2 N–H and O–H groups in total. The molecule has 1 aromatic rings. The quantitative estimate of drug-likeness (QED) is 0.885. The first kappa shape index (κ1) is 14.4. The van der Waals surface area contributed by atoms with Gasteiger partial charge in [-0.05, 0) is 42.6 Å². The Kier molecular flexibility index (Phi) is 3.94. The van der Waals surface area contributed by atoms with Crippen molar-refractivity contribution in [2.45, 2.75) is 31.2 Å². The first-order valence-electron chi connectivity index (χ1n) is 6.30. The molecule has 106 valence electrons. The van der Waals surface area contributed by atoms with Gasteiger partial charge >= 0.3 is 0 Å². The fourth-order valence-corrected chi connectivity index (χ4v) is 3.70. The van der Waals surface area contributed by atoms with Gasteiger partial charge in [-0.15, -0.1) is 0 Å². The molecule has 1 heterocycles. The van der Waals surface area contributed by atoms with Crippen LogP contribution in [0, 0.1) is 11.2 Å². The summed E-state index contributed by atoms with van der Waals surface area (Å²) in [5.41, 5.74) is -0.147. The van der Waals surface area contributed by atoms with E-state index in [0.29, 0.717) is 0 Å². The predicted molar refractivity (Wildman–Crippen MR) is 71.8 cm³/mol. The summed E-state index contributed by atoms with van der Waals surface area (Å²) in [6, 6.07) is 4.76. The number of hydrogen-bond donors (Lipinski definition) is 2. The lowest BCUT2D eigenvalue weighted by molar-refractivity contribution is 0.206. The van der Waals surface area contributed by atoms with Gasteiger partial charge < -0.3 is 5.32 Å². The number of nitrogens with one attached hydrogen (secondary N) is 2. The van der Waals surface area contributed by atoms with Crippen molar-refractivity contribution in [1.82, 2.24) is 10.0 Å². The van der Waals surface area contributed by atoms with E-state index >= 15 is 0 Å². The second-order valence-corrected chi connectivity index (χ2v) is 7.30. The molecule has 0 aromatic heterocycles. The monoisotopic (exact) mass is 286 g/mol. The number of sulfonamides is 1. The highest BCUT2D eigenvalue weighted by Gasteiger charge is 2.35. The first-order chi connectivity index (χ1) is 8.81. The molecule has 2 rings (SSSR count). The van der Waals surface area contributed by atoms with Gasteiger partial charge in [0.1, 0.15) is 5.82 Å². The highest BCUT2D eigenvalue weighted by molar-refractivity contribution is 7.89. The Morgan fingerprint density at radius 2 is 1.95 bits per heavy atom. The molecule has 0 bridgehead atoms. The van der Waals surface area contributed by atoms with E-state index in [9.17, 15) is 12.8 Å². The van der Waals surface area contributed by atoms with Crippen LogP contribution < -0.4 is 10.0 Å². The van der Waals surface area contributed by atoms with Crippen LogP contribution in [0.15, 0.2) is 29.2 Å². The molecule has 0 radical (unpaired) electrons. The highest BCUT2D eigenvalue weighted by Crippen LogP contribution is 2.26. The molecule has 0 aliphatic carbocycles. The first-order valence-corrected chi connectivity index (χ1v) is 7.78. The minimum Gasteiger partial charge on any atom is -0.316 e. The van der Waals surface area contributed by atoms with Crippen LogP contribution in [0.3, 0.4) is 0 Å². The van der Waals surface area contributed by atoms with Crippen molar-refractivity contribution >= 4 is 10.0 Å². The molecule has 0 amide bonds. The van der Waals surface area contributed by atoms with E-state index in [-0.39, 0.29) is 16.4 Å². The van der Waals surface area contributed by atoms with Crippen molar-refractivity contribution in [1.29, 1.82) is 0 Å². The van der Waals surface area contributed by atoms with Gasteiger partial charge in [0.2, 0.25) is 10.0 Å². The normalized spacial score (nSPS) is 23.2. The van der Waals surface area contributed by atoms with E-state index < -0.39 is 15.8 Å². The summed E-state index contributed by atoms with van der Waals surface area (Å²) >= 11 is 0. The predicted octanol–water partition coefficient (Wildman–Crippen LogP) is 1.49. The molecule has 0 spiro atoms. The van der Waals surface area contributed by atoms with Gasteiger partial charge in [-0.1, -0.05) is 13.8 Å². The number of piperidine rings is 1. The summed E-state index contributed by atoms with van der Waals surface area (Å²) in [4.78, 5) is 0.100. The maximum atomic E-state index is 12.8. The minimum absolute atomic E-state index is 0.100. The van der Waals surface area contributed by atoms with Crippen LogP contribution >= 0.6 is 0 Å². The van der Waals surface area contributed by atoms with Crippen molar-refractivity contribution in [3.8, 4) is 0 Å². The Morgan fingerprint density at radius 1 is 1.32 bits per heavy atom. The van der Waals surface area contributed by atoms with Crippen molar-refractivity contribution < 1.29 is 12.8 Å². The number of rotatable bonds is 3. The number of halogens is 1. The average Bonchev–Trinajstić information content (AvgIpc) is 2.32. The topological polar surface area (TPSA) is 58.2 Å². The molecule has 6 heteroatoms. The standard InChI is InChI=1S/C13H19FN2O2S/c1-13(2)9-15-8-7-12(13)16-19(17,18)11-5-3-10(14)4-6-11/h3-6,12,15-16H,7-9H2,1-2H3. The zero-order valence-electron chi connectivity index (χ0n) is 11.1. The van der Waals surface area contributed by atoms with Crippen LogP contribution in [-0.4, -0.2) is 27.5 Å². The number of hydrogen-bond acceptors (Lipinski definition) is 3. The molecule has 1 unspecified atom stereocenters. The molecular formula is C13H19FN2O2S. The molecule has 4 nitrogen and oxygen atoms in total. The van der Waals surface area contributed by atoms with E-state index in [0.717, 1.165) is 31.6 Å². The van der Waals surface area contributed by atoms with Gasteiger partial charge in [-0.25, -0.2) is 17.5 Å². The Balaban J connectivity index is 2.19. The Bertz CT molecular complexity index is 540. The van der Waals surface area contributed by atoms with Gasteiger partial charge in [-0.2, -0.15) is 0 Å². The zero-order valence-corrected chi connectivity index (χ0v) is 11.9. The van der Waals surface area contributed by atoms with E-state index in [1.165, 1.54) is 12.1 Å². The van der Waals surface area contributed by atoms with Crippen LogP contribution in [0.1, 0.15) is 20.3 Å². The lowest BCUT2D eigenvalue weighted by atomic mass is 9.81. The summed E-state index contributed by atoms with van der Waals surface area (Å²) in [6.45, 7) is 5.61. The molecular weight excluding hydrogens is 267 g/mol. The van der Waals surface area contributed by atoms with Gasteiger partial charge in [-0.3, -0.25) is 0 Å². The molecule has 1 fully saturated rings. The second kappa shape index (κ2) is 5.19. The third kappa shape index (κ3) is 3.32. The fraction of sp³-hybridized carbons (Fsp3) is 0.538. The van der Waals surface area contributed by atoms with Crippen molar-refractivity contribution in [2.75, 3.05) is 13.1 Å². The van der Waals surface area contributed by atoms with Crippen LogP contribution in [0.4, 0.5) is 4.39 Å². The Hall–Kier alpha value is -0.980. The van der Waals surface area contributed by atoms with Crippen molar-refractivity contribution in [3.05, 3.63) is 30.1 Å². The Morgan fingerprint density at radius 3 is 2.53 bits per heavy atom.